The van der Waals surface area contributed by atoms with Crippen molar-refractivity contribution in [3.05, 3.63) is 41.5 Å². The summed E-state index contributed by atoms with van der Waals surface area (Å²) >= 11 is 0. The maximum atomic E-state index is 5.49. The first-order valence-corrected chi connectivity index (χ1v) is 7.77. The Kier molecular flexibility index (Phi) is 3.31. The first-order valence-electron chi connectivity index (χ1n) is 7.77. The highest BCUT2D eigenvalue weighted by molar-refractivity contribution is 5.30. The van der Waals surface area contributed by atoms with Gasteiger partial charge in [0.25, 0.3) is 0 Å². The van der Waals surface area contributed by atoms with Gasteiger partial charge in [-0.05, 0) is 25.0 Å². The van der Waals surface area contributed by atoms with Gasteiger partial charge in [-0.25, -0.2) is 0 Å². The summed E-state index contributed by atoms with van der Waals surface area (Å²) in [6, 6.07) is 4.81. The third kappa shape index (κ3) is 2.40. The molecule has 2 aliphatic heterocycles. The summed E-state index contributed by atoms with van der Waals surface area (Å²) in [5, 5.41) is 4.73. The number of nitrogens with zero attached hydrogens (tertiary/aromatic N) is 4. The Hall–Kier alpha value is -1.59. The fourth-order valence-corrected chi connectivity index (χ4v) is 3.58. The summed E-state index contributed by atoms with van der Waals surface area (Å²) in [5.41, 5.74) is 4.06. The second-order valence-corrected chi connectivity index (χ2v) is 6.10. The number of hydrogen-bond acceptors (Lipinski definition) is 3. The van der Waals surface area contributed by atoms with Gasteiger partial charge in [-0.3, -0.25) is 9.58 Å². The van der Waals surface area contributed by atoms with Gasteiger partial charge in [0.1, 0.15) is 0 Å². The predicted molar refractivity (Wildman–Crippen MR) is 79.8 cm³/mol. The van der Waals surface area contributed by atoms with Crippen molar-refractivity contribution in [2.24, 2.45) is 7.05 Å². The quantitative estimate of drug-likeness (QED) is 0.862. The lowest BCUT2D eigenvalue weighted by Crippen LogP contribution is -2.36. The van der Waals surface area contributed by atoms with Gasteiger partial charge < -0.3 is 9.30 Å². The molecular weight excluding hydrogens is 264 g/mol. The van der Waals surface area contributed by atoms with E-state index >= 15 is 0 Å². The van der Waals surface area contributed by atoms with Gasteiger partial charge in [0, 0.05) is 57.3 Å². The van der Waals surface area contributed by atoms with E-state index in [4.69, 9.17) is 9.84 Å². The topological polar surface area (TPSA) is 35.2 Å². The van der Waals surface area contributed by atoms with Crippen LogP contribution in [0.15, 0.2) is 24.5 Å². The zero-order valence-corrected chi connectivity index (χ0v) is 12.5. The Balaban J connectivity index is 1.54. The molecule has 4 heterocycles. The fraction of sp³-hybridized carbons (Fsp3) is 0.562. The molecule has 0 aromatic carbocycles. The van der Waals surface area contributed by atoms with Crippen LogP contribution in [0.2, 0.25) is 0 Å². The minimum Gasteiger partial charge on any atom is -0.381 e. The Morgan fingerprint density at radius 2 is 1.95 bits per heavy atom. The number of fused-ring (bicyclic) bond motifs is 1. The third-order valence-electron chi connectivity index (χ3n) is 4.78. The summed E-state index contributed by atoms with van der Waals surface area (Å²) in [6.07, 6.45) is 6.53. The van der Waals surface area contributed by atoms with E-state index < -0.39 is 0 Å². The number of aryl methyl sites for hydroxylation is 1. The normalized spacial score (nSPS) is 20.0. The highest BCUT2D eigenvalue weighted by Crippen LogP contribution is 2.30. The molecule has 0 amide bonds. The maximum Gasteiger partial charge on any atom is 0.0869 e. The molecule has 2 aromatic rings. The lowest BCUT2D eigenvalue weighted by molar-refractivity contribution is 0.0318. The van der Waals surface area contributed by atoms with Crippen molar-refractivity contribution in [1.82, 2.24) is 19.2 Å². The van der Waals surface area contributed by atoms with Crippen LogP contribution < -0.4 is 0 Å². The molecule has 4 rings (SSSR count). The largest absolute Gasteiger partial charge is 0.381 e. The minimum atomic E-state index is 0.672. The molecule has 112 valence electrons. The van der Waals surface area contributed by atoms with Crippen molar-refractivity contribution >= 4 is 0 Å². The molecule has 0 radical (unpaired) electrons. The number of aromatic nitrogens is 3. The zero-order chi connectivity index (χ0) is 14.2. The van der Waals surface area contributed by atoms with Crippen LogP contribution in [0, 0.1) is 0 Å². The monoisotopic (exact) mass is 286 g/mol. The predicted octanol–water partition coefficient (Wildman–Crippen LogP) is 1.76. The molecule has 0 unspecified atom stereocenters. The molecule has 0 spiro atoms. The van der Waals surface area contributed by atoms with Crippen LogP contribution >= 0.6 is 0 Å². The van der Waals surface area contributed by atoms with Crippen molar-refractivity contribution in [2.45, 2.75) is 38.5 Å². The van der Waals surface area contributed by atoms with E-state index in [-0.39, 0.29) is 0 Å². The molecule has 0 aliphatic carbocycles. The average Bonchev–Trinajstić information content (AvgIpc) is 3.21. The molecule has 1 fully saturated rings. The van der Waals surface area contributed by atoms with Gasteiger partial charge in [-0.1, -0.05) is 0 Å². The Morgan fingerprint density at radius 1 is 1.19 bits per heavy atom. The van der Waals surface area contributed by atoms with Gasteiger partial charge >= 0.3 is 0 Å². The van der Waals surface area contributed by atoms with Gasteiger partial charge in [0.2, 0.25) is 0 Å². The summed E-state index contributed by atoms with van der Waals surface area (Å²) in [6.45, 7) is 4.77. The third-order valence-corrected chi connectivity index (χ3v) is 4.78. The molecule has 0 atom stereocenters. The molecular formula is C16H22N4O. The SMILES string of the molecule is Cn1nc(Cn2cccc2)c2c1CN(C1CCOCC1)C2. The summed E-state index contributed by atoms with van der Waals surface area (Å²) in [7, 11) is 2.07. The lowest BCUT2D eigenvalue weighted by atomic mass is 10.1. The van der Waals surface area contributed by atoms with E-state index in [1.165, 1.54) is 17.0 Å². The Morgan fingerprint density at radius 3 is 2.71 bits per heavy atom. The first-order chi connectivity index (χ1) is 10.3. The van der Waals surface area contributed by atoms with Crippen molar-refractivity contribution in [3.8, 4) is 0 Å². The fourth-order valence-electron chi connectivity index (χ4n) is 3.58. The van der Waals surface area contributed by atoms with E-state index in [2.05, 4.69) is 45.7 Å². The highest BCUT2D eigenvalue weighted by Gasteiger charge is 2.31. The van der Waals surface area contributed by atoms with E-state index in [0.717, 1.165) is 45.7 Å². The number of hydrogen-bond donors (Lipinski definition) is 0. The molecule has 0 N–H and O–H groups in total. The zero-order valence-electron chi connectivity index (χ0n) is 12.5. The first kappa shape index (κ1) is 13.1. The lowest BCUT2D eigenvalue weighted by Gasteiger charge is -2.30. The molecule has 0 bridgehead atoms. The molecule has 0 saturated carbocycles. The van der Waals surface area contributed by atoms with Crippen LogP contribution in [0.5, 0.6) is 0 Å². The summed E-state index contributed by atoms with van der Waals surface area (Å²) in [5.74, 6) is 0. The number of rotatable bonds is 3. The molecule has 1 saturated heterocycles. The molecule has 21 heavy (non-hydrogen) atoms. The van der Waals surface area contributed by atoms with E-state index in [9.17, 15) is 0 Å². The molecule has 5 heteroatoms. The van der Waals surface area contributed by atoms with Crippen molar-refractivity contribution < 1.29 is 4.74 Å². The number of ether oxygens (including phenoxy) is 1. The smallest absolute Gasteiger partial charge is 0.0869 e. The molecule has 2 aromatic heterocycles. The molecule has 5 nitrogen and oxygen atoms in total. The van der Waals surface area contributed by atoms with E-state index in [1.807, 2.05) is 0 Å². The van der Waals surface area contributed by atoms with Gasteiger partial charge in [0.05, 0.1) is 17.9 Å². The Labute approximate surface area is 125 Å². The van der Waals surface area contributed by atoms with Crippen molar-refractivity contribution in [1.29, 1.82) is 0 Å². The van der Waals surface area contributed by atoms with Crippen molar-refractivity contribution in [2.75, 3.05) is 13.2 Å². The van der Waals surface area contributed by atoms with Crippen molar-refractivity contribution in [3.63, 3.8) is 0 Å². The van der Waals surface area contributed by atoms with Crippen LogP contribution in [0.25, 0.3) is 0 Å². The summed E-state index contributed by atoms with van der Waals surface area (Å²) in [4.78, 5) is 2.61. The standard InChI is InChI=1S/C16H22N4O/c1-18-16-12-20(13-4-8-21-9-5-13)10-14(16)15(17-18)11-19-6-2-3-7-19/h2-3,6-7,13H,4-5,8-12H2,1H3. The van der Waals surface area contributed by atoms with Crippen LogP contribution in [0.3, 0.4) is 0 Å². The highest BCUT2D eigenvalue weighted by atomic mass is 16.5. The van der Waals surface area contributed by atoms with Crippen LogP contribution in [0.4, 0.5) is 0 Å². The van der Waals surface area contributed by atoms with Crippen LogP contribution in [0.1, 0.15) is 29.8 Å². The van der Waals surface area contributed by atoms with Crippen LogP contribution in [-0.4, -0.2) is 38.5 Å². The van der Waals surface area contributed by atoms with Crippen LogP contribution in [-0.2, 0) is 31.4 Å². The average molecular weight is 286 g/mol. The summed E-state index contributed by atoms with van der Waals surface area (Å²) < 4.78 is 9.76. The second kappa shape index (κ2) is 5.31. The van der Waals surface area contributed by atoms with Gasteiger partial charge in [-0.2, -0.15) is 5.10 Å². The van der Waals surface area contributed by atoms with E-state index in [1.54, 1.807) is 0 Å². The van der Waals surface area contributed by atoms with Gasteiger partial charge in [0.15, 0.2) is 0 Å². The molecule has 2 aliphatic rings. The second-order valence-electron chi connectivity index (χ2n) is 6.10. The van der Waals surface area contributed by atoms with Gasteiger partial charge in [-0.15, -0.1) is 0 Å². The maximum absolute atomic E-state index is 5.49. The Bertz CT molecular complexity index is 611. The van der Waals surface area contributed by atoms with E-state index in [0.29, 0.717) is 6.04 Å². The minimum absolute atomic E-state index is 0.672.